The lowest BCUT2D eigenvalue weighted by molar-refractivity contribution is 0.0772. The standard InChI is InChI=1S/C14H21FN4O/c1-14(2,3)9-5-7-19(8-9)13(20)10-4-6-17-12(18-16)11(10)15/h4,6,9H,5,7-8,16H2,1-3H3,(H,17,18). The molecule has 2 heterocycles. The lowest BCUT2D eigenvalue weighted by Gasteiger charge is -2.27. The predicted molar refractivity (Wildman–Crippen MR) is 75.5 cm³/mol. The van der Waals surface area contributed by atoms with Crippen LogP contribution in [0.25, 0.3) is 0 Å². The van der Waals surface area contributed by atoms with Crippen LogP contribution < -0.4 is 11.3 Å². The predicted octanol–water partition coefficient (Wildman–Crippen LogP) is 2.01. The Balaban J connectivity index is 2.18. The van der Waals surface area contributed by atoms with Crippen molar-refractivity contribution in [3.63, 3.8) is 0 Å². The van der Waals surface area contributed by atoms with Gasteiger partial charge in [-0.2, -0.15) is 0 Å². The molecule has 1 atom stereocenters. The average Bonchev–Trinajstić information content (AvgIpc) is 2.87. The van der Waals surface area contributed by atoms with Gasteiger partial charge in [0.15, 0.2) is 11.6 Å². The monoisotopic (exact) mass is 280 g/mol. The third-order valence-electron chi connectivity index (χ3n) is 3.96. The number of pyridine rings is 1. The van der Waals surface area contributed by atoms with E-state index < -0.39 is 5.82 Å². The Morgan fingerprint density at radius 1 is 1.55 bits per heavy atom. The topological polar surface area (TPSA) is 71.2 Å². The normalized spacial score (nSPS) is 19.2. The molecule has 6 heteroatoms. The van der Waals surface area contributed by atoms with Crippen molar-refractivity contribution < 1.29 is 9.18 Å². The number of carbonyl (C=O) groups is 1. The lowest BCUT2D eigenvalue weighted by Crippen LogP contribution is -2.32. The summed E-state index contributed by atoms with van der Waals surface area (Å²) in [5.74, 6) is 4.51. The molecule has 0 bridgehead atoms. The minimum absolute atomic E-state index is 0.0162. The van der Waals surface area contributed by atoms with Crippen LogP contribution in [0, 0.1) is 17.2 Å². The molecular formula is C14H21FN4O. The van der Waals surface area contributed by atoms with Crippen LogP contribution in [0.15, 0.2) is 12.3 Å². The molecule has 5 nitrogen and oxygen atoms in total. The third-order valence-corrected chi connectivity index (χ3v) is 3.96. The Morgan fingerprint density at radius 2 is 2.25 bits per heavy atom. The molecule has 0 aromatic carbocycles. The minimum Gasteiger partial charge on any atom is -0.338 e. The third kappa shape index (κ3) is 2.75. The first kappa shape index (κ1) is 14.7. The summed E-state index contributed by atoms with van der Waals surface area (Å²) in [6.07, 6.45) is 2.33. The van der Waals surface area contributed by atoms with Gasteiger partial charge in [0.25, 0.3) is 5.91 Å². The van der Waals surface area contributed by atoms with E-state index in [-0.39, 0.29) is 22.7 Å². The van der Waals surface area contributed by atoms with E-state index in [1.165, 1.54) is 12.3 Å². The summed E-state index contributed by atoms with van der Waals surface area (Å²) in [4.78, 5) is 17.8. The van der Waals surface area contributed by atoms with Gasteiger partial charge >= 0.3 is 0 Å². The van der Waals surface area contributed by atoms with Crippen LogP contribution in [0.1, 0.15) is 37.6 Å². The molecule has 1 unspecified atom stereocenters. The summed E-state index contributed by atoms with van der Waals surface area (Å²) in [7, 11) is 0. The number of hydrazine groups is 1. The number of halogens is 1. The van der Waals surface area contributed by atoms with Crippen molar-refractivity contribution in [2.45, 2.75) is 27.2 Å². The number of nitrogen functional groups attached to an aromatic ring is 1. The number of nitrogens with one attached hydrogen (secondary N) is 1. The van der Waals surface area contributed by atoms with Gasteiger partial charge in [-0.3, -0.25) is 4.79 Å². The van der Waals surface area contributed by atoms with Crippen LogP contribution in [0.3, 0.4) is 0 Å². The Labute approximate surface area is 118 Å². The number of amides is 1. The molecule has 20 heavy (non-hydrogen) atoms. The summed E-state index contributed by atoms with van der Waals surface area (Å²) >= 11 is 0. The Hall–Kier alpha value is -1.69. The van der Waals surface area contributed by atoms with Crippen molar-refractivity contribution in [1.29, 1.82) is 0 Å². The highest BCUT2D eigenvalue weighted by molar-refractivity contribution is 5.95. The first-order valence-electron chi connectivity index (χ1n) is 6.75. The van der Waals surface area contributed by atoms with E-state index in [2.05, 4.69) is 31.2 Å². The van der Waals surface area contributed by atoms with Crippen LogP contribution in [-0.4, -0.2) is 28.9 Å². The van der Waals surface area contributed by atoms with Crippen LogP contribution in [0.4, 0.5) is 10.2 Å². The molecule has 1 amide bonds. The van der Waals surface area contributed by atoms with E-state index >= 15 is 0 Å². The highest BCUT2D eigenvalue weighted by Crippen LogP contribution is 2.34. The van der Waals surface area contributed by atoms with E-state index in [0.717, 1.165) is 6.42 Å². The van der Waals surface area contributed by atoms with Crippen molar-refractivity contribution in [2.24, 2.45) is 17.2 Å². The second-order valence-electron chi connectivity index (χ2n) is 6.27. The molecule has 1 aromatic heterocycles. The molecule has 1 aliphatic heterocycles. The van der Waals surface area contributed by atoms with Gasteiger partial charge in [0.05, 0.1) is 5.56 Å². The molecule has 1 aromatic rings. The number of hydrogen-bond acceptors (Lipinski definition) is 4. The first-order chi connectivity index (χ1) is 9.34. The van der Waals surface area contributed by atoms with Gasteiger partial charge in [0, 0.05) is 19.3 Å². The van der Waals surface area contributed by atoms with Gasteiger partial charge in [0.1, 0.15) is 0 Å². The van der Waals surface area contributed by atoms with E-state index in [1.54, 1.807) is 4.90 Å². The molecule has 0 aliphatic carbocycles. The van der Waals surface area contributed by atoms with Crippen LogP contribution in [-0.2, 0) is 0 Å². The van der Waals surface area contributed by atoms with Gasteiger partial charge in [-0.05, 0) is 23.8 Å². The molecule has 3 N–H and O–H groups in total. The van der Waals surface area contributed by atoms with Crippen LogP contribution in [0.5, 0.6) is 0 Å². The summed E-state index contributed by atoms with van der Waals surface area (Å²) < 4.78 is 14.1. The second kappa shape index (κ2) is 5.36. The van der Waals surface area contributed by atoms with E-state index in [9.17, 15) is 9.18 Å². The second-order valence-corrected chi connectivity index (χ2v) is 6.27. The Kier molecular flexibility index (Phi) is 3.94. The quantitative estimate of drug-likeness (QED) is 0.642. The van der Waals surface area contributed by atoms with Gasteiger partial charge in [0.2, 0.25) is 0 Å². The maximum absolute atomic E-state index is 14.1. The lowest BCUT2D eigenvalue weighted by atomic mass is 9.80. The number of nitrogens with two attached hydrogens (primary N) is 1. The SMILES string of the molecule is CC(C)(C)C1CCN(C(=O)c2ccnc(NN)c2F)C1. The van der Waals surface area contributed by atoms with Crippen molar-refractivity contribution in [1.82, 2.24) is 9.88 Å². The van der Waals surface area contributed by atoms with Crippen molar-refractivity contribution in [3.8, 4) is 0 Å². The van der Waals surface area contributed by atoms with Crippen molar-refractivity contribution in [3.05, 3.63) is 23.6 Å². The summed E-state index contributed by atoms with van der Waals surface area (Å²) in [6, 6.07) is 1.39. The molecule has 1 saturated heterocycles. The average molecular weight is 280 g/mol. The number of carbonyl (C=O) groups excluding carboxylic acids is 1. The maximum Gasteiger partial charge on any atom is 0.257 e. The number of hydrogen-bond donors (Lipinski definition) is 2. The zero-order chi connectivity index (χ0) is 14.9. The maximum atomic E-state index is 14.1. The van der Waals surface area contributed by atoms with Gasteiger partial charge in [-0.25, -0.2) is 15.2 Å². The van der Waals surface area contributed by atoms with Crippen molar-refractivity contribution in [2.75, 3.05) is 18.5 Å². The van der Waals surface area contributed by atoms with Crippen LogP contribution >= 0.6 is 0 Å². The fourth-order valence-corrected chi connectivity index (χ4v) is 2.53. The first-order valence-corrected chi connectivity index (χ1v) is 6.75. The number of aromatic nitrogens is 1. The molecular weight excluding hydrogens is 259 g/mol. The zero-order valence-corrected chi connectivity index (χ0v) is 12.1. The summed E-state index contributed by atoms with van der Waals surface area (Å²) in [6.45, 7) is 7.81. The molecule has 0 saturated carbocycles. The molecule has 0 radical (unpaired) electrons. The van der Waals surface area contributed by atoms with Crippen LogP contribution in [0.2, 0.25) is 0 Å². The van der Waals surface area contributed by atoms with E-state index in [0.29, 0.717) is 19.0 Å². The minimum atomic E-state index is -0.695. The molecule has 2 rings (SSSR count). The molecule has 1 fully saturated rings. The molecule has 1 aliphatic rings. The van der Waals surface area contributed by atoms with E-state index in [1.807, 2.05) is 0 Å². The summed E-state index contributed by atoms with van der Waals surface area (Å²) in [5, 5.41) is 0. The zero-order valence-electron chi connectivity index (χ0n) is 12.1. The number of likely N-dealkylation sites (tertiary alicyclic amines) is 1. The fraction of sp³-hybridized carbons (Fsp3) is 0.571. The fourth-order valence-electron chi connectivity index (χ4n) is 2.53. The summed E-state index contributed by atoms with van der Waals surface area (Å²) in [5.41, 5.74) is 2.32. The van der Waals surface area contributed by atoms with Gasteiger partial charge in [-0.15, -0.1) is 0 Å². The Morgan fingerprint density at radius 3 is 2.80 bits per heavy atom. The largest absolute Gasteiger partial charge is 0.338 e. The van der Waals surface area contributed by atoms with Gasteiger partial charge < -0.3 is 10.3 Å². The number of rotatable bonds is 2. The molecule has 110 valence electrons. The highest BCUT2D eigenvalue weighted by atomic mass is 19.1. The van der Waals surface area contributed by atoms with Gasteiger partial charge in [-0.1, -0.05) is 20.8 Å². The number of nitrogens with zero attached hydrogens (tertiary/aromatic N) is 2. The molecule has 0 spiro atoms. The Bertz CT molecular complexity index is 512. The smallest absolute Gasteiger partial charge is 0.257 e. The van der Waals surface area contributed by atoms with E-state index in [4.69, 9.17) is 5.84 Å². The highest BCUT2D eigenvalue weighted by Gasteiger charge is 2.35. The number of anilines is 1. The van der Waals surface area contributed by atoms with Crippen molar-refractivity contribution >= 4 is 11.7 Å².